The summed E-state index contributed by atoms with van der Waals surface area (Å²) >= 11 is 0. The lowest BCUT2D eigenvalue weighted by atomic mass is 10.1. The summed E-state index contributed by atoms with van der Waals surface area (Å²) in [4.78, 5) is 10.7. The second kappa shape index (κ2) is 5.31. The van der Waals surface area contributed by atoms with Gasteiger partial charge in [0, 0.05) is 12.2 Å². The van der Waals surface area contributed by atoms with Crippen molar-refractivity contribution in [2.45, 2.75) is 6.54 Å². The molecule has 0 unspecified atom stereocenters. The van der Waals surface area contributed by atoms with Gasteiger partial charge < -0.3 is 10.4 Å². The first-order valence-corrected chi connectivity index (χ1v) is 5.47. The lowest BCUT2D eigenvalue weighted by Gasteiger charge is -2.06. The summed E-state index contributed by atoms with van der Waals surface area (Å²) in [5.74, 6) is -1.21. The maximum atomic E-state index is 12.7. The fourth-order valence-corrected chi connectivity index (χ4v) is 1.54. The summed E-state index contributed by atoms with van der Waals surface area (Å²) in [6.07, 6.45) is 0. The molecule has 0 bridgehead atoms. The van der Waals surface area contributed by atoms with E-state index >= 15 is 0 Å². The Hall–Kier alpha value is -2.36. The standard InChI is InChI=1S/C14H12FNO2/c15-12-5-7-13(8-6-12)16-9-10-1-3-11(4-2-10)14(17)18/h1-8,16H,9H2,(H,17,18). The van der Waals surface area contributed by atoms with Crippen molar-refractivity contribution < 1.29 is 14.3 Å². The van der Waals surface area contributed by atoms with Crippen LogP contribution in [0.2, 0.25) is 0 Å². The highest BCUT2D eigenvalue weighted by molar-refractivity contribution is 5.87. The normalized spacial score (nSPS) is 10.1. The van der Waals surface area contributed by atoms with Gasteiger partial charge in [-0.25, -0.2) is 9.18 Å². The van der Waals surface area contributed by atoms with E-state index < -0.39 is 5.97 Å². The summed E-state index contributed by atoms with van der Waals surface area (Å²) in [5, 5.41) is 11.9. The lowest BCUT2D eigenvalue weighted by molar-refractivity contribution is 0.0697. The topological polar surface area (TPSA) is 49.3 Å². The van der Waals surface area contributed by atoms with Crippen molar-refractivity contribution in [1.82, 2.24) is 0 Å². The molecular formula is C14H12FNO2. The molecule has 2 N–H and O–H groups in total. The molecular weight excluding hydrogens is 233 g/mol. The Bertz CT molecular complexity index is 535. The number of carbonyl (C=O) groups is 1. The van der Waals surface area contributed by atoms with E-state index in [0.29, 0.717) is 6.54 Å². The average Bonchev–Trinajstić information content (AvgIpc) is 2.38. The van der Waals surface area contributed by atoms with Gasteiger partial charge in [-0.2, -0.15) is 0 Å². The van der Waals surface area contributed by atoms with E-state index in [1.165, 1.54) is 12.1 Å². The van der Waals surface area contributed by atoms with Crippen LogP contribution in [-0.2, 0) is 6.54 Å². The zero-order valence-corrected chi connectivity index (χ0v) is 9.56. The minimum absolute atomic E-state index is 0.264. The van der Waals surface area contributed by atoms with Gasteiger partial charge in [-0.15, -0.1) is 0 Å². The number of carboxylic acids is 1. The first-order valence-electron chi connectivity index (χ1n) is 5.47. The molecule has 2 aromatic rings. The predicted molar refractivity (Wildman–Crippen MR) is 67.1 cm³/mol. The molecule has 18 heavy (non-hydrogen) atoms. The van der Waals surface area contributed by atoms with Crippen molar-refractivity contribution in [1.29, 1.82) is 0 Å². The Morgan fingerprint density at radius 3 is 2.22 bits per heavy atom. The van der Waals surface area contributed by atoms with Crippen molar-refractivity contribution >= 4 is 11.7 Å². The molecule has 0 saturated carbocycles. The number of rotatable bonds is 4. The van der Waals surface area contributed by atoms with Gasteiger partial charge in [0.15, 0.2) is 0 Å². The molecule has 2 aromatic carbocycles. The molecule has 0 fully saturated rings. The van der Waals surface area contributed by atoms with Gasteiger partial charge in [-0.1, -0.05) is 12.1 Å². The minimum atomic E-state index is -0.937. The van der Waals surface area contributed by atoms with Gasteiger partial charge in [0.2, 0.25) is 0 Å². The molecule has 0 atom stereocenters. The third-order valence-electron chi connectivity index (χ3n) is 2.54. The Kier molecular flexibility index (Phi) is 3.57. The maximum Gasteiger partial charge on any atom is 0.335 e. The number of nitrogens with one attached hydrogen (secondary N) is 1. The molecule has 4 heteroatoms. The second-order valence-electron chi connectivity index (χ2n) is 3.86. The van der Waals surface area contributed by atoms with Crippen LogP contribution in [0.15, 0.2) is 48.5 Å². The van der Waals surface area contributed by atoms with Crippen LogP contribution in [-0.4, -0.2) is 11.1 Å². The molecule has 0 radical (unpaired) electrons. The fourth-order valence-electron chi connectivity index (χ4n) is 1.54. The van der Waals surface area contributed by atoms with Gasteiger partial charge in [0.05, 0.1) is 5.56 Å². The summed E-state index contributed by atoms with van der Waals surface area (Å²) in [6.45, 7) is 0.561. The fraction of sp³-hybridized carbons (Fsp3) is 0.0714. The van der Waals surface area contributed by atoms with E-state index in [-0.39, 0.29) is 11.4 Å². The van der Waals surface area contributed by atoms with Gasteiger partial charge in [0.1, 0.15) is 5.82 Å². The summed E-state index contributed by atoms with van der Waals surface area (Å²) in [6, 6.07) is 12.7. The highest BCUT2D eigenvalue weighted by atomic mass is 19.1. The molecule has 0 spiro atoms. The van der Waals surface area contributed by atoms with E-state index in [0.717, 1.165) is 11.3 Å². The smallest absolute Gasteiger partial charge is 0.335 e. The van der Waals surface area contributed by atoms with E-state index in [4.69, 9.17) is 5.11 Å². The van der Waals surface area contributed by atoms with Crippen LogP contribution < -0.4 is 5.32 Å². The number of halogens is 1. The van der Waals surface area contributed by atoms with E-state index in [2.05, 4.69) is 5.32 Å². The first kappa shape index (κ1) is 12.1. The van der Waals surface area contributed by atoms with Crippen LogP contribution in [0.5, 0.6) is 0 Å². The molecule has 0 aliphatic rings. The van der Waals surface area contributed by atoms with E-state index in [9.17, 15) is 9.18 Å². The van der Waals surface area contributed by atoms with Crippen LogP contribution in [0.25, 0.3) is 0 Å². The number of hydrogen-bond donors (Lipinski definition) is 2. The monoisotopic (exact) mass is 245 g/mol. The van der Waals surface area contributed by atoms with Gasteiger partial charge in [0.25, 0.3) is 0 Å². The third kappa shape index (κ3) is 3.07. The summed E-state index contributed by atoms with van der Waals surface area (Å²) in [5.41, 5.74) is 2.04. The Labute approximate surface area is 104 Å². The van der Waals surface area contributed by atoms with Crippen LogP contribution in [0.3, 0.4) is 0 Å². The number of benzene rings is 2. The summed E-state index contributed by atoms with van der Waals surface area (Å²) < 4.78 is 12.7. The van der Waals surface area contributed by atoms with Gasteiger partial charge >= 0.3 is 5.97 Å². The van der Waals surface area contributed by atoms with Crippen LogP contribution in [0, 0.1) is 5.82 Å². The quantitative estimate of drug-likeness (QED) is 0.870. The Morgan fingerprint density at radius 2 is 1.67 bits per heavy atom. The van der Waals surface area contributed by atoms with Crippen molar-refractivity contribution in [3.8, 4) is 0 Å². The van der Waals surface area contributed by atoms with Crippen LogP contribution in [0.1, 0.15) is 15.9 Å². The zero-order chi connectivity index (χ0) is 13.0. The van der Waals surface area contributed by atoms with Crippen molar-refractivity contribution in [3.05, 3.63) is 65.5 Å². The molecule has 0 aliphatic carbocycles. The second-order valence-corrected chi connectivity index (χ2v) is 3.86. The van der Waals surface area contributed by atoms with Crippen molar-refractivity contribution in [3.63, 3.8) is 0 Å². The number of aromatic carboxylic acids is 1. The SMILES string of the molecule is O=C(O)c1ccc(CNc2ccc(F)cc2)cc1. The van der Waals surface area contributed by atoms with Gasteiger partial charge in [-0.05, 0) is 42.0 Å². The first-order chi connectivity index (χ1) is 8.65. The Balaban J connectivity index is 1.97. The molecule has 3 nitrogen and oxygen atoms in total. The summed E-state index contributed by atoms with van der Waals surface area (Å²) in [7, 11) is 0. The van der Waals surface area contributed by atoms with Gasteiger partial charge in [-0.3, -0.25) is 0 Å². The zero-order valence-electron chi connectivity index (χ0n) is 9.56. The van der Waals surface area contributed by atoms with E-state index in [1.807, 2.05) is 0 Å². The predicted octanol–water partition coefficient (Wildman–Crippen LogP) is 3.14. The van der Waals surface area contributed by atoms with Crippen molar-refractivity contribution in [2.24, 2.45) is 0 Å². The number of anilines is 1. The molecule has 0 amide bonds. The molecule has 0 saturated heterocycles. The molecule has 2 rings (SSSR count). The average molecular weight is 245 g/mol. The number of hydrogen-bond acceptors (Lipinski definition) is 2. The molecule has 92 valence electrons. The van der Waals surface area contributed by atoms with Crippen LogP contribution >= 0.6 is 0 Å². The minimum Gasteiger partial charge on any atom is -0.478 e. The lowest BCUT2D eigenvalue weighted by Crippen LogP contribution is -2.01. The van der Waals surface area contributed by atoms with E-state index in [1.54, 1.807) is 36.4 Å². The van der Waals surface area contributed by atoms with Crippen molar-refractivity contribution in [2.75, 3.05) is 5.32 Å². The Morgan fingerprint density at radius 1 is 1.06 bits per heavy atom. The third-order valence-corrected chi connectivity index (χ3v) is 2.54. The molecule has 0 aromatic heterocycles. The van der Waals surface area contributed by atoms with Crippen LogP contribution in [0.4, 0.5) is 10.1 Å². The maximum absolute atomic E-state index is 12.7. The molecule has 0 heterocycles. The highest BCUT2D eigenvalue weighted by Crippen LogP contribution is 2.11. The largest absolute Gasteiger partial charge is 0.478 e. The number of carboxylic acid groups (broad SMARTS) is 1. The molecule has 0 aliphatic heterocycles. The highest BCUT2D eigenvalue weighted by Gasteiger charge is 2.01.